The molecule has 0 bridgehead atoms. The average Bonchev–Trinajstić information content (AvgIpc) is 3.03. The van der Waals surface area contributed by atoms with Crippen LogP contribution in [0.15, 0.2) is 48.8 Å². The number of aryl methyl sites for hydroxylation is 1. The van der Waals surface area contributed by atoms with E-state index in [0.717, 1.165) is 35.2 Å². The molecule has 0 spiro atoms. The fourth-order valence-corrected chi connectivity index (χ4v) is 3.65. The number of likely N-dealkylation sites (tertiary alicyclic amines) is 1. The van der Waals surface area contributed by atoms with E-state index in [1.807, 2.05) is 31.2 Å². The minimum atomic E-state index is -0.467. The first kappa shape index (κ1) is 17.3. The van der Waals surface area contributed by atoms with E-state index < -0.39 is 11.7 Å². The monoisotopic (exact) mass is 363 g/mol. The maximum atomic E-state index is 12.9. The summed E-state index contributed by atoms with van der Waals surface area (Å²) in [5.41, 5.74) is 2.05. The van der Waals surface area contributed by atoms with Crippen molar-refractivity contribution in [1.29, 1.82) is 0 Å². The van der Waals surface area contributed by atoms with Crippen LogP contribution in [-0.4, -0.2) is 45.8 Å². The molecule has 6 nitrogen and oxygen atoms in total. The van der Waals surface area contributed by atoms with Crippen molar-refractivity contribution in [1.82, 2.24) is 14.9 Å². The van der Waals surface area contributed by atoms with E-state index in [1.54, 1.807) is 29.4 Å². The van der Waals surface area contributed by atoms with Crippen molar-refractivity contribution < 1.29 is 14.3 Å². The van der Waals surface area contributed by atoms with E-state index in [4.69, 9.17) is 4.74 Å². The highest BCUT2D eigenvalue weighted by molar-refractivity contribution is 6.45. The second kappa shape index (κ2) is 7.23. The predicted octanol–water partition coefficient (Wildman–Crippen LogP) is 3.12. The molecule has 1 amide bonds. The lowest BCUT2D eigenvalue weighted by atomic mass is 10.0. The minimum absolute atomic E-state index is 0.123. The Morgan fingerprint density at radius 2 is 1.96 bits per heavy atom. The number of benzene rings is 1. The molecule has 2 aromatic heterocycles. The topological polar surface area (TPSA) is 75.3 Å². The number of fused-ring (bicyclic) bond motifs is 1. The number of hydrogen-bond acceptors (Lipinski definition) is 4. The number of aromatic amines is 1. The van der Waals surface area contributed by atoms with Crippen LogP contribution in [0, 0.1) is 6.92 Å². The first-order chi connectivity index (χ1) is 13.1. The summed E-state index contributed by atoms with van der Waals surface area (Å²) in [6.07, 6.45) is 4.88. The molecule has 1 N–H and O–H groups in total. The van der Waals surface area contributed by atoms with Crippen LogP contribution >= 0.6 is 0 Å². The molecule has 1 aliphatic heterocycles. The minimum Gasteiger partial charge on any atom is -0.488 e. The third-order valence-electron chi connectivity index (χ3n) is 4.93. The van der Waals surface area contributed by atoms with Gasteiger partial charge in [0.1, 0.15) is 11.9 Å². The van der Waals surface area contributed by atoms with Gasteiger partial charge in [0, 0.05) is 35.5 Å². The zero-order chi connectivity index (χ0) is 18.8. The highest BCUT2D eigenvalue weighted by atomic mass is 16.5. The molecule has 3 aromatic rings. The molecule has 1 atom stereocenters. The molecule has 1 aromatic carbocycles. The number of ketones is 1. The van der Waals surface area contributed by atoms with E-state index >= 15 is 0 Å². The van der Waals surface area contributed by atoms with Gasteiger partial charge in [0.2, 0.25) is 0 Å². The molecule has 27 heavy (non-hydrogen) atoms. The summed E-state index contributed by atoms with van der Waals surface area (Å²) in [7, 11) is 0. The number of piperidine rings is 1. The summed E-state index contributed by atoms with van der Waals surface area (Å²) in [6, 6.07) is 11.1. The highest BCUT2D eigenvalue weighted by Crippen LogP contribution is 2.24. The largest absolute Gasteiger partial charge is 0.488 e. The zero-order valence-electron chi connectivity index (χ0n) is 15.1. The second-order valence-corrected chi connectivity index (χ2v) is 6.82. The number of rotatable bonds is 4. The number of Topliss-reactive ketones (excluding diaryl/α,β-unsaturated/α-hetero) is 1. The zero-order valence-corrected chi connectivity index (χ0v) is 15.1. The van der Waals surface area contributed by atoms with Gasteiger partial charge in [0.15, 0.2) is 0 Å². The maximum Gasteiger partial charge on any atom is 0.295 e. The molecule has 0 radical (unpaired) electrons. The Morgan fingerprint density at radius 1 is 1.19 bits per heavy atom. The fraction of sp³-hybridized carbons (Fsp3) is 0.286. The van der Waals surface area contributed by atoms with Crippen LogP contribution in [0.25, 0.3) is 10.9 Å². The number of para-hydroxylation sites is 1. The van der Waals surface area contributed by atoms with E-state index in [9.17, 15) is 9.59 Å². The van der Waals surface area contributed by atoms with Gasteiger partial charge in [-0.3, -0.25) is 14.6 Å². The van der Waals surface area contributed by atoms with Gasteiger partial charge in [-0.25, -0.2) is 0 Å². The number of nitrogens with zero attached hydrogens (tertiary/aromatic N) is 2. The summed E-state index contributed by atoms with van der Waals surface area (Å²) >= 11 is 0. The van der Waals surface area contributed by atoms with Gasteiger partial charge in [-0.1, -0.05) is 18.2 Å². The SMILES string of the molecule is Cc1[nH]c2ccccc2c1C(=O)C(=O)N1CCCC(Oc2ccncc2)C1. The van der Waals surface area contributed by atoms with Crippen LogP contribution in [0.3, 0.4) is 0 Å². The number of carbonyl (C=O) groups is 2. The molecular formula is C21H21N3O3. The van der Waals surface area contributed by atoms with Crippen LogP contribution < -0.4 is 4.74 Å². The third kappa shape index (κ3) is 3.43. The van der Waals surface area contributed by atoms with Crippen molar-refractivity contribution in [3.63, 3.8) is 0 Å². The van der Waals surface area contributed by atoms with Gasteiger partial charge < -0.3 is 14.6 Å². The number of aromatic nitrogens is 2. The lowest BCUT2D eigenvalue weighted by molar-refractivity contribution is -0.128. The maximum absolute atomic E-state index is 12.9. The molecular weight excluding hydrogens is 342 g/mol. The number of H-pyrrole nitrogens is 1. The van der Waals surface area contributed by atoms with Crippen molar-refractivity contribution in [2.45, 2.75) is 25.9 Å². The van der Waals surface area contributed by atoms with Crippen molar-refractivity contribution in [2.75, 3.05) is 13.1 Å². The van der Waals surface area contributed by atoms with Crippen LogP contribution in [0.5, 0.6) is 5.75 Å². The van der Waals surface area contributed by atoms with E-state index in [-0.39, 0.29) is 6.10 Å². The van der Waals surface area contributed by atoms with Gasteiger partial charge in [-0.05, 0) is 38.0 Å². The number of carbonyl (C=O) groups excluding carboxylic acids is 2. The Morgan fingerprint density at radius 3 is 2.78 bits per heavy atom. The van der Waals surface area contributed by atoms with Gasteiger partial charge in [0.25, 0.3) is 11.7 Å². The smallest absolute Gasteiger partial charge is 0.295 e. The number of nitrogens with one attached hydrogen (secondary N) is 1. The summed E-state index contributed by atoms with van der Waals surface area (Å²) in [5, 5.41) is 0.787. The first-order valence-corrected chi connectivity index (χ1v) is 9.11. The lowest BCUT2D eigenvalue weighted by Crippen LogP contribution is -2.47. The summed E-state index contributed by atoms with van der Waals surface area (Å²) in [5.74, 6) is -0.205. The summed E-state index contributed by atoms with van der Waals surface area (Å²) in [4.78, 5) is 34.6. The van der Waals surface area contributed by atoms with Crippen LogP contribution in [0.4, 0.5) is 0 Å². The Bertz CT molecular complexity index is 981. The number of pyridine rings is 1. The summed E-state index contributed by atoms with van der Waals surface area (Å²) in [6.45, 7) is 2.81. The van der Waals surface area contributed by atoms with Gasteiger partial charge in [0.05, 0.1) is 12.1 Å². The Labute approximate surface area is 157 Å². The van der Waals surface area contributed by atoms with Gasteiger partial charge in [-0.15, -0.1) is 0 Å². The number of ether oxygens (including phenoxy) is 1. The third-order valence-corrected chi connectivity index (χ3v) is 4.93. The Balaban J connectivity index is 1.51. The van der Waals surface area contributed by atoms with Crippen molar-refractivity contribution in [2.24, 2.45) is 0 Å². The molecule has 1 unspecified atom stereocenters. The predicted molar refractivity (Wildman–Crippen MR) is 102 cm³/mol. The normalized spacial score (nSPS) is 17.1. The second-order valence-electron chi connectivity index (χ2n) is 6.82. The van der Waals surface area contributed by atoms with Crippen molar-refractivity contribution in [3.8, 4) is 5.75 Å². The fourth-order valence-electron chi connectivity index (χ4n) is 3.65. The number of amides is 1. The highest BCUT2D eigenvalue weighted by Gasteiger charge is 2.31. The van der Waals surface area contributed by atoms with Gasteiger partial charge >= 0.3 is 0 Å². The Hall–Kier alpha value is -3.15. The molecule has 138 valence electrons. The van der Waals surface area contributed by atoms with E-state index in [2.05, 4.69) is 9.97 Å². The van der Waals surface area contributed by atoms with Crippen LogP contribution in [0.1, 0.15) is 28.9 Å². The molecule has 0 aliphatic carbocycles. The Kier molecular flexibility index (Phi) is 4.62. The molecule has 0 saturated carbocycles. The van der Waals surface area contributed by atoms with Crippen molar-refractivity contribution >= 4 is 22.6 Å². The van der Waals surface area contributed by atoms with Crippen LogP contribution in [-0.2, 0) is 4.79 Å². The van der Waals surface area contributed by atoms with Crippen LogP contribution in [0.2, 0.25) is 0 Å². The van der Waals surface area contributed by atoms with Crippen molar-refractivity contribution in [3.05, 3.63) is 60.0 Å². The van der Waals surface area contributed by atoms with E-state index in [1.165, 1.54) is 0 Å². The molecule has 1 fully saturated rings. The molecule has 1 saturated heterocycles. The molecule has 3 heterocycles. The first-order valence-electron chi connectivity index (χ1n) is 9.11. The molecule has 6 heteroatoms. The average molecular weight is 363 g/mol. The quantitative estimate of drug-likeness (QED) is 0.571. The lowest BCUT2D eigenvalue weighted by Gasteiger charge is -2.32. The van der Waals surface area contributed by atoms with Gasteiger partial charge in [-0.2, -0.15) is 0 Å². The summed E-state index contributed by atoms with van der Waals surface area (Å²) < 4.78 is 5.95. The molecule has 1 aliphatic rings. The van der Waals surface area contributed by atoms with E-state index in [0.29, 0.717) is 18.7 Å². The molecule has 4 rings (SSSR count). The number of hydrogen-bond donors (Lipinski definition) is 1. The standard InChI is InChI=1S/C21H21N3O3/c1-14-19(17-6-2-3-7-18(17)23-14)20(25)21(26)24-12-4-5-16(13-24)27-15-8-10-22-11-9-15/h2-3,6-11,16,23H,4-5,12-13H2,1H3.